The van der Waals surface area contributed by atoms with Crippen LogP contribution >= 0.6 is 0 Å². The van der Waals surface area contributed by atoms with E-state index in [1.807, 2.05) is 6.92 Å². The number of unbranched alkanes of at least 4 members (excludes halogenated alkanes) is 2. The van der Waals surface area contributed by atoms with Crippen molar-refractivity contribution in [2.24, 2.45) is 11.7 Å². The van der Waals surface area contributed by atoms with Crippen molar-refractivity contribution in [2.45, 2.75) is 51.3 Å². The van der Waals surface area contributed by atoms with Gasteiger partial charge in [0.25, 0.3) is 10.1 Å². The summed E-state index contributed by atoms with van der Waals surface area (Å²) in [5, 5.41) is 0. The van der Waals surface area contributed by atoms with Gasteiger partial charge in [-0.05, 0) is 12.3 Å². The van der Waals surface area contributed by atoms with E-state index in [1.165, 1.54) is 0 Å². The number of nitrogens with two attached hydrogens (primary N) is 1. The molecule has 5 heteroatoms. The Bertz CT molecular complexity index is 261. The van der Waals surface area contributed by atoms with Crippen molar-refractivity contribution >= 4 is 10.1 Å². The van der Waals surface area contributed by atoms with Crippen LogP contribution in [0.3, 0.4) is 0 Å². The average Bonchev–Trinajstić information content (AvgIpc) is 2.02. The van der Waals surface area contributed by atoms with Crippen LogP contribution < -0.4 is 5.73 Å². The number of rotatable bonds is 6. The Balaban J connectivity index is 4.59. The minimum absolute atomic E-state index is 0.283. The third-order valence-electron chi connectivity index (χ3n) is 2.63. The molecule has 0 amide bonds. The van der Waals surface area contributed by atoms with E-state index in [-0.39, 0.29) is 5.92 Å². The van der Waals surface area contributed by atoms with E-state index in [1.54, 1.807) is 13.8 Å². The minimum Gasteiger partial charge on any atom is -0.310 e. The van der Waals surface area contributed by atoms with Gasteiger partial charge in [-0.2, -0.15) is 8.42 Å². The van der Waals surface area contributed by atoms with E-state index in [0.717, 1.165) is 19.3 Å². The summed E-state index contributed by atoms with van der Waals surface area (Å²) < 4.78 is 31.3. The van der Waals surface area contributed by atoms with E-state index in [2.05, 4.69) is 0 Å². The molecule has 0 heterocycles. The second-order valence-corrected chi connectivity index (χ2v) is 5.75. The summed E-state index contributed by atoms with van der Waals surface area (Å²) in [4.78, 5) is -1.48. The topological polar surface area (TPSA) is 80.4 Å². The average molecular weight is 223 g/mol. The zero-order chi connectivity index (χ0) is 11.4. The molecule has 14 heavy (non-hydrogen) atoms. The van der Waals surface area contributed by atoms with Gasteiger partial charge >= 0.3 is 0 Å². The van der Waals surface area contributed by atoms with E-state index in [0.29, 0.717) is 6.42 Å². The monoisotopic (exact) mass is 223 g/mol. The molecule has 0 saturated heterocycles. The van der Waals surface area contributed by atoms with Crippen LogP contribution in [0.1, 0.15) is 46.5 Å². The summed E-state index contributed by atoms with van der Waals surface area (Å²) in [5.41, 5.74) is 5.72. The molecule has 0 aliphatic heterocycles. The second-order valence-electron chi connectivity index (χ2n) is 4.04. The standard InChI is InChI=1S/C9H21NO3S/c1-4-5-6-7-9(10,8(2)3)14(11,12)13/h8H,4-7,10H2,1-3H3,(H,11,12,13). The van der Waals surface area contributed by atoms with Gasteiger partial charge < -0.3 is 5.73 Å². The first-order chi connectivity index (χ1) is 6.25. The Kier molecular flexibility index (Phi) is 5.05. The van der Waals surface area contributed by atoms with Gasteiger partial charge in [0.15, 0.2) is 0 Å². The first kappa shape index (κ1) is 13.9. The van der Waals surface area contributed by atoms with Crippen molar-refractivity contribution in [1.29, 1.82) is 0 Å². The van der Waals surface area contributed by atoms with Crippen LogP contribution in [0.5, 0.6) is 0 Å². The van der Waals surface area contributed by atoms with Crippen LogP contribution in [-0.4, -0.2) is 17.8 Å². The van der Waals surface area contributed by atoms with Gasteiger partial charge in [0.05, 0.1) is 0 Å². The third kappa shape index (κ3) is 3.22. The second kappa shape index (κ2) is 5.09. The highest BCUT2D eigenvalue weighted by Gasteiger charge is 2.41. The molecule has 0 fully saturated rings. The normalized spacial score (nSPS) is 17.0. The summed E-state index contributed by atoms with van der Waals surface area (Å²) in [6.07, 6.45) is 2.98. The number of hydrogen-bond donors (Lipinski definition) is 2. The molecule has 0 aromatic heterocycles. The summed E-state index contributed by atoms with van der Waals surface area (Å²) >= 11 is 0. The smallest absolute Gasteiger partial charge is 0.284 e. The molecular formula is C9H21NO3S. The highest BCUT2D eigenvalue weighted by molar-refractivity contribution is 7.87. The van der Waals surface area contributed by atoms with Crippen molar-refractivity contribution in [3.63, 3.8) is 0 Å². The maximum absolute atomic E-state index is 11.1. The fourth-order valence-corrected chi connectivity index (χ4v) is 2.36. The maximum atomic E-state index is 11.1. The lowest BCUT2D eigenvalue weighted by Gasteiger charge is -2.30. The lowest BCUT2D eigenvalue weighted by atomic mass is 9.98. The molecule has 3 N–H and O–H groups in total. The number of hydrogen-bond acceptors (Lipinski definition) is 3. The van der Waals surface area contributed by atoms with Gasteiger partial charge in [0, 0.05) is 0 Å². The SMILES string of the molecule is CCCCCC(N)(C(C)C)S(=O)(=O)O. The Labute approximate surface area is 86.6 Å². The molecule has 1 atom stereocenters. The van der Waals surface area contributed by atoms with E-state index >= 15 is 0 Å². The molecule has 0 radical (unpaired) electrons. The Morgan fingerprint density at radius 3 is 2.14 bits per heavy atom. The van der Waals surface area contributed by atoms with E-state index in [4.69, 9.17) is 10.3 Å². The van der Waals surface area contributed by atoms with Crippen LogP contribution in [-0.2, 0) is 10.1 Å². The summed E-state index contributed by atoms with van der Waals surface area (Å²) in [5.74, 6) is -0.283. The highest BCUT2D eigenvalue weighted by Crippen LogP contribution is 2.26. The predicted molar refractivity (Wildman–Crippen MR) is 57.4 cm³/mol. The molecule has 1 unspecified atom stereocenters. The molecule has 0 saturated carbocycles. The fraction of sp³-hybridized carbons (Fsp3) is 1.00. The largest absolute Gasteiger partial charge is 0.310 e. The molecular weight excluding hydrogens is 202 g/mol. The minimum atomic E-state index is -4.17. The summed E-state index contributed by atoms with van der Waals surface area (Å²) in [7, 11) is -4.17. The van der Waals surface area contributed by atoms with Crippen molar-refractivity contribution < 1.29 is 13.0 Å². The van der Waals surface area contributed by atoms with Crippen molar-refractivity contribution in [2.75, 3.05) is 0 Å². The van der Waals surface area contributed by atoms with Gasteiger partial charge in [-0.15, -0.1) is 0 Å². The molecule has 0 aromatic carbocycles. The Morgan fingerprint density at radius 2 is 1.86 bits per heavy atom. The van der Waals surface area contributed by atoms with Crippen LogP contribution in [0.4, 0.5) is 0 Å². The molecule has 0 aliphatic carbocycles. The van der Waals surface area contributed by atoms with Crippen LogP contribution in [0, 0.1) is 5.92 Å². The maximum Gasteiger partial charge on any atom is 0.284 e. The highest BCUT2D eigenvalue weighted by atomic mass is 32.2. The Hall–Kier alpha value is -0.130. The fourth-order valence-electron chi connectivity index (χ4n) is 1.37. The van der Waals surface area contributed by atoms with Crippen LogP contribution in [0.15, 0.2) is 0 Å². The summed E-state index contributed by atoms with van der Waals surface area (Å²) in [6.45, 7) is 5.44. The molecule has 0 spiro atoms. The van der Waals surface area contributed by atoms with E-state index < -0.39 is 15.0 Å². The lowest BCUT2D eigenvalue weighted by Crippen LogP contribution is -2.51. The van der Waals surface area contributed by atoms with Gasteiger partial charge in [-0.25, -0.2) is 0 Å². The van der Waals surface area contributed by atoms with Gasteiger partial charge in [0.2, 0.25) is 0 Å². The predicted octanol–water partition coefficient (Wildman–Crippen LogP) is 1.77. The quantitative estimate of drug-likeness (QED) is 0.531. The zero-order valence-corrected chi connectivity index (χ0v) is 9.97. The third-order valence-corrected chi connectivity index (χ3v) is 4.26. The molecule has 86 valence electrons. The molecule has 4 nitrogen and oxygen atoms in total. The Morgan fingerprint density at radius 1 is 1.36 bits per heavy atom. The van der Waals surface area contributed by atoms with Gasteiger partial charge in [0.1, 0.15) is 4.87 Å². The molecule has 0 aliphatic rings. The van der Waals surface area contributed by atoms with Gasteiger partial charge in [-0.1, -0.05) is 40.0 Å². The summed E-state index contributed by atoms with van der Waals surface area (Å²) in [6, 6.07) is 0. The van der Waals surface area contributed by atoms with Crippen molar-refractivity contribution in [1.82, 2.24) is 0 Å². The first-order valence-electron chi connectivity index (χ1n) is 5.01. The molecule has 0 aromatic rings. The first-order valence-corrected chi connectivity index (χ1v) is 6.45. The van der Waals surface area contributed by atoms with Crippen LogP contribution in [0.25, 0.3) is 0 Å². The van der Waals surface area contributed by atoms with Crippen molar-refractivity contribution in [3.05, 3.63) is 0 Å². The van der Waals surface area contributed by atoms with Gasteiger partial charge in [-0.3, -0.25) is 4.55 Å². The van der Waals surface area contributed by atoms with Crippen LogP contribution in [0.2, 0.25) is 0 Å². The van der Waals surface area contributed by atoms with E-state index in [9.17, 15) is 8.42 Å². The zero-order valence-electron chi connectivity index (χ0n) is 9.16. The lowest BCUT2D eigenvalue weighted by molar-refractivity contribution is 0.336. The molecule has 0 bridgehead atoms. The molecule has 0 rings (SSSR count). The van der Waals surface area contributed by atoms with Crippen molar-refractivity contribution in [3.8, 4) is 0 Å².